The number of methoxy groups -OCH3 is 1. The molecule has 0 bridgehead atoms. The number of rotatable bonds is 7. The van der Waals surface area contributed by atoms with Crippen LogP contribution in [0.5, 0.6) is 0 Å². The molecule has 0 aliphatic heterocycles. The van der Waals surface area contributed by atoms with Crippen LogP contribution >= 0.6 is 0 Å². The lowest BCUT2D eigenvalue weighted by Crippen LogP contribution is -2.05. The Bertz CT molecular complexity index is 416. The zero-order valence-corrected chi connectivity index (χ0v) is 10.4. The monoisotopic (exact) mass is 252 g/mol. The van der Waals surface area contributed by atoms with Crippen LogP contribution < -0.4 is 0 Å². The van der Waals surface area contributed by atoms with Gasteiger partial charge in [-0.3, -0.25) is 0 Å². The van der Waals surface area contributed by atoms with Crippen LogP contribution in [0.2, 0.25) is 0 Å². The minimum absolute atomic E-state index is 0.0621. The molecule has 0 heterocycles. The van der Waals surface area contributed by atoms with Gasteiger partial charge < -0.3 is 9.47 Å². The van der Waals surface area contributed by atoms with Crippen molar-refractivity contribution in [3.8, 4) is 0 Å². The van der Waals surface area contributed by atoms with E-state index in [0.717, 1.165) is 12.8 Å². The number of hydrogen-bond donors (Lipinski definition) is 0. The number of hydrogen-bond acceptors (Lipinski definition) is 3. The van der Waals surface area contributed by atoms with Crippen LogP contribution in [0.3, 0.4) is 0 Å². The van der Waals surface area contributed by atoms with Gasteiger partial charge in [0.15, 0.2) is 0 Å². The predicted octanol–water partition coefficient (Wildman–Crippen LogP) is 3.10. The number of carbonyl (C=O) groups is 1. The highest BCUT2D eigenvalue weighted by atomic mass is 19.1. The molecule has 0 spiro atoms. The Hall–Kier alpha value is -1.68. The molecule has 98 valence electrons. The molecule has 0 aromatic heterocycles. The lowest BCUT2D eigenvalue weighted by Gasteiger charge is -2.06. The summed E-state index contributed by atoms with van der Waals surface area (Å²) in [7, 11) is 1.22. The highest BCUT2D eigenvalue weighted by molar-refractivity contribution is 5.89. The van der Waals surface area contributed by atoms with Crippen molar-refractivity contribution >= 4 is 5.97 Å². The van der Waals surface area contributed by atoms with Gasteiger partial charge in [0, 0.05) is 6.61 Å². The number of benzene rings is 1. The molecule has 1 rings (SSSR count). The molecular formula is C14H17FO3. The number of allylic oxidation sites excluding steroid dienone is 1. The van der Waals surface area contributed by atoms with Crippen LogP contribution in [0, 0.1) is 5.82 Å². The summed E-state index contributed by atoms with van der Waals surface area (Å²) in [6.07, 6.45) is 3.62. The molecule has 0 aliphatic carbocycles. The molecule has 0 atom stereocenters. The van der Waals surface area contributed by atoms with Gasteiger partial charge in [0.1, 0.15) is 5.82 Å². The Kier molecular flexibility index (Phi) is 6.08. The number of unbranched alkanes of at least 4 members (excludes halogenated alkanes) is 1. The molecule has 0 fully saturated rings. The smallest absolute Gasteiger partial charge is 0.340 e. The first-order chi connectivity index (χ1) is 8.69. The lowest BCUT2D eigenvalue weighted by molar-refractivity contribution is 0.0595. The molecule has 0 amide bonds. The maximum atomic E-state index is 13.5. The summed E-state index contributed by atoms with van der Waals surface area (Å²) < 4.78 is 23.4. The fraction of sp³-hybridized carbons (Fsp3) is 0.357. The Balaban J connectivity index is 2.51. The van der Waals surface area contributed by atoms with Crippen molar-refractivity contribution in [1.82, 2.24) is 0 Å². The third-order valence-corrected chi connectivity index (χ3v) is 2.40. The van der Waals surface area contributed by atoms with E-state index in [9.17, 15) is 9.18 Å². The molecule has 4 heteroatoms. The van der Waals surface area contributed by atoms with Gasteiger partial charge in [0.25, 0.3) is 0 Å². The van der Waals surface area contributed by atoms with Crippen LogP contribution in [-0.2, 0) is 16.1 Å². The van der Waals surface area contributed by atoms with Crippen LogP contribution in [0.4, 0.5) is 4.39 Å². The van der Waals surface area contributed by atoms with Crippen LogP contribution in [0.15, 0.2) is 30.9 Å². The first-order valence-electron chi connectivity index (χ1n) is 5.74. The molecule has 0 aliphatic rings. The zero-order valence-electron chi connectivity index (χ0n) is 10.4. The van der Waals surface area contributed by atoms with E-state index in [1.54, 1.807) is 6.07 Å². The molecule has 0 saturated carbocycles. The van der Waals surface area contributed by atoms with E-state index < -0.39 is 11.8 Å². The summed E-state index contributed by atoms with van der Waals surface area (Å²) in [5.74, 6) is -1.26. The molecule has 1 aromatic rings. The van der Waals surface area contributed by atoms with Gasteiger partial charge in [0.05, 0.1) is 19.3 Å². The van der Waals surface area contributed by atoms with E-state index in [-0.39, 0.29) is 5.56 Å². The Morgan fingerprint density at radius 3 is 2.89 bits per heavy atom. The van der Waals surface area contributed by atoms with Crippen molar-refractivity contribution < 1.29 is 18.7 Å². The first kappa shape index (κ1) is 14.4. The molecular weight excluding hydrogens is 235 g/mol. The van der Waals surface area contributed by atoms with Gasteiger partial charge in [0.2, 0.25) is 0 Å². The van der Waals surface area contributed by atoms with Gasteiger partial charge in [-0.05, 0) is 30.5 Å². The molecule has 18 heavy (non-hydrogen) atoms. The molecule has 0 radical (unpaired) electrons. The van der Waals surface area contributed by atoms with E-state index in [1.165, 1.54) is 19.2 Å². The van der Waals surface area contributed by atoms with Crippen molar-refractivity contribution in [2.45, 2.75) is 19.4 Å². The van der Waals surface area contributed by atoms with Gasteiger partial charge in [-0.25, -0.2) is 9.18 Å². The van der Waals surface area contributed by atoms with E-state index >= 15 is 0 Å². The second kappa shape index (κ2) is 7.61. The average molecular weight is 252 g/mol. The summed E-state index contributed by atoms with van der Waals surface area (Å²) in [5.41, 5.74) is 0.631. The van der Waals surface area contributed by atoms with Crippen molar-refractivity contribution in [1.29, 1.82) is 0 Å². The quantitative estimate of drug-likeness (QED) is 0.425. The molecule has 0 N–H and O–H groups in total. The van der Waals surface area contributed by atoms with E-state index in [2.05, 4.69) is 11.3 Å². The molecule has 1 aromatic carbocycles. The van der Waals surface area contributed by atoms with Crippen molar-refractivity contribution in [2.75, 3.05) is 13.7 Å². The third kappa shape index (κ3) is 4.30. The highest BCUT2D eigenvalue weighted by Gasteiger charge is 2.12. The summed E-state index contributed by atoms with van der Waals surface area (Å²) in [6, 6.07) is 4.35. The van der Waals surface area contributed by atoms with E-state index in [0.29, 0.717) is 18.8 Å². The minimum atomic E-state index is -0.675. The van der Waals surface area contributed by atoms with Crippen molar-refractivity contribution in [3.63, 3.8) is 0 Å². The van der Waals surface area contributed by atoms with Gasteiger partial charge in [-0.2, -0.15) is 0 Å². The normalized spacial score (nSPS) is 10.1. The number of halogens is 1. The largest absolute Gasteiger partial charge is 0.465 e. The van der Waals surface area contributed by atoms with Crippen LogP contribution in [0.25, 0.3) is 0 Å². The number of esters is 1. The fourth-order valence-electron chi connectivity index (χ4n) is 1.44. The predicted molar refractivity (Wildman–Crippen MR) is 66.8 cm³/mol. The topological polar surface area (TPSA) is 35.5 Å². The maximum Gasteiger partial charge on any atom is 0.340 e. The van der Waals surface area contributed by atoms with E-state index in [4.69, 9.17) is 4.74 Å². The lowest BCUT2D eigenvalue weighted by atomic mass is 10.1. The summed E-state index contributed by atoms with van der Waals surface area (Å²) in [4.78, 5) is 11.2. The van der Waals surface area contributed by atoms with Crippen LogP contribution in [-0.4, -0.2) is 19.7 Å². The summed E-state index contributed by atoms with van der Waals surface area (Å²) in [6.45, 7) is 4.55. The number of ether oxygens (including phenoxy) is 2. The van der Waals surface area contributed by atoms with Gasteiger partial charge >= 0.3 is 5.97 Å². The van der Waals surface area contributed by atoms with E-state index in [1.807, 2.05) is 6.08 Å². The van der Waals surface area contributed by atoms with Gasteiger partial charge in [-0.15, -0.1) is 6.58 Å². The fourth-order valence-corrected chi connectivity index (χ4v) is 1.44. The van der Waals surface area contributed by atoms with Crippen molar-refractivity contribution in [3.05, 3.63) is 47.8 Å². The SMILES string of the molecule is C=CCCCOCc1ccc(C(=O)OC)c(F)c1. The second-order valence-electron chi connectivity index (χ2n) is 3.79. The average Bonchev–Trinajstić information content (AvgIpc) is 2.38. The van der Waals surface area contributed by atoms with Gasteiger partial charge in [-0.1, -0.05) is 12.1 Å². The third-order valence-electron chi connectivity index (χ3n) is 2.40. The summed E-state index contributed by atoms with van der Waals surface area (Å²) in [5, 5.41) is 0. The molecule has 3 nitrogen and oxygen atoms in total. The van der Waals surface area contributed by atoms with Crippen LogP contribution in [0.1, 0.15) is 28.8 Å². The zero-order chi connectivity index (χ0) is 13.4. The molecule has 0 unspecified atom stereocenters. The Morgan fingerprint density at radius 1 is 1.50 bits per heavy atom. The summed E-state index contributed by atoms with van der Waals surface area (Å²) >= 11 is 0. The first-order valence-corrected chi connectivity index (χ1v) is 5.74. The standard InChI is InChI=1S/C14H17FO3/c1-3-4-5-8-18-10-11-6-7-12(13(15)9-11)14(16)17-2/h3,6-7,9H,1,4-5,8,10H2,2H3. The minimum Gasteiger partial charge on any atom is -0.465 e. The maximum absolute atomic E-state index is 13.5. The molecule has 0 saturated heterocycles. The van der Waals surface area contributed by atoms with Crippen molar-refractivity contribution in [2.24, 2.45) is 0 Å². The highest BCUT2D eigenvalue weighted by Crippen LogP contribution is 2.12. The number of carbonyl (C=O) groups excluding carboxylic acids is 1. The Morgan fingerprint density at radius 2 is 2.28 bits per heavy atom. The second-order valence-corrected chi connectivity index (χ2v) is 3.79. The Labute approximate surface area is 106 Å².